The van der Waals surface area contributed by atoms with Gasteiger partial charge in [-0.05, 0) is 13.3 Å². The Labute approximate surface area is 84.1 Å². The van der Waals surface area contributed by atoms with Gasteiger partial charge in [-0.2, -0.15) is 5.26 Å². The summed E-state index contributed by atoms with van der Waals surface area (Å²) < 4.78 is 9.61. The van der Waals surface area contributed by atoms with Crippen LogP contribution in [-0.2, 0) is 14.3 Å². The second-order valence-electron chi connectivity index (χ2n) is 2.68. The minimum atomic E-state index is -1.24. The summed E-state index contributed by atoms with van der Waals surface area (Å²) in [6.07, 6.45) is 1.65. The molecule has 0 N–H and O–H groups in total. The lowest BCUT2D eigenvalue weighted by Gasteiger charge is -2.18. The minimum absolute atomic E-state index is 0.118. The summed E-state index contributed by atoms with van der Waals surface area (Å²) in [5, 5.41) is 8.84. The van der Waals surface area contributed by atoms with Gasteiger partial charge < -0.3 is 9.47 Å². The topological polar surface area (TPSA) is 59.3 Å². The van der Waals surface area contributed by atoms with Gasteiger partial charge in [0.2, 0.25) is 0 Å². The number of nitrogens with zero attached hydrogens (tertiary/aromatic N) is 1. The fourth-order valence-corrected chi connectivity index (χ4v) is 0.850. The van der Waals surface area contributed by atoms with E-state index in [2.05, 4.69) is 6.58 Å². The van der Waals surface area contributed by atoms with Gasteiger partial charge in [0.1, 0.15) is 0 Å². The Balaban J connectivity index is 4.32. The Kier molecular flexibility index (Phi) is 5.58. The van der Waals surface area contributed by atoms with E-state index in [9.17, 15) is 4.79 Å². The van der Waals surface area contributed by atoms with Gasteiger partial charge in [0.25, 0.3) is 0 Å². The van der Waals surface area contributed by atoms with E-state index in [-0.39, 0.29) is 6.79 Å². The highest BCUT2D eigenvalue weighted by atomic mass is 16.7. The summed E-state index contributed by atoms with van der Waals surface area (Å²) in [6, 6.07) is 1.89. The lowest BCUT2D eigenvalue weighted by molar-refractivity contribution is -0.162. The number of carbonyl (C=O) groups is 1. The van der Waals surface area contributed by atoms with Crippen LogP contribution in [0.3, 0.4) is 0 Å². The van der Waals surface area contributed by atoms with Gasteiger partial charge in [0.15, 0.2) is 12.2 Å². The molecule has 1 unspecified atom stereocenters. The van der Waals surface area contributed by atoms with E-state index in [1.807, 2.05) is 6.07 Å². The summed E-state index contributed by atoms with van der Waals surface area (Å²) in [6.45, 7) is 7.33. The predicted octanol–water partition coefficient (Wildman–Crippen LogP) is 1.63. The van der Waals surface area contributed by atoms with Crippen LogP contribution in [0.1, 0.15) is 20.3 Å². The molecule has 0 amide bonds. The van der Waals surface area contributed by atoms with Gasteiger partial charge in [-0.25, -0.2) is 4.79 Å². The fourth-order valence-electron chi connectivity index (χ4n) is 0.850. The van der Waals surface area contributed by atoms with Crippen LogP contribution in [0.5, 0.6) is 0 Å². The first kappa shape index (κ1) is 12.7. The molecule has 14 heavy (non-hydrogen) atoms. The van der Waals surface area contributed by atoms with Gasteiger partial charge in [-0.1, -0.05) is 13.0 Å². The van der Waals surface area contributed by atoms with Crippen LogP contribution >= 0.6 is 0 Å². The standard InChI is InChI=1S/C10H15NO3/c1-4-10(5-2,7-11)9(12)14-8-13-6-3/h4H,1,5-6,8H2,2-3H3. The van der Waals surface area contributed by atoms with Crippen molar-refractivity contribution in [2.75, 3.05) is 13.4 Å². The van der Waals surface area contributed by atoms with Gasteiger partial charge in [0.05, 0.1) is 6.07 Å². The molecule has 0 aromatic heterocycles. The smallest absolute Gasteiger partial charge is 0.332 e. The fraction of sp³-hybridized carbons (Fsp3) is 0.600. The zero-order valence-corrected chi connectivity index (χ0v) is 8.58. The van der Waals surface area contributed by atoms with E-state index in [1.54, 1.807) is 13.8 Å². The van der Waals surface area contributed by atoms with Gasteiger partial charge >= 0.3 is 5.97 Å². The van der Waals surface area contributed by atoms with Gasteiger partial charge in [0, 0.05) is 6.61 Å². The summed E-state index contributed by atoms with van der Waals surface area (Å²) in [5.41, 5.74) is -1.24. The number of rotatable bonds is 6. The van der Waals surface area contributed by atoms with Crippen molar-refractivity contribution in [3.8, 4) is 6.07 Å². The second-order valence-corrected chi connectivity index (χ2v) is 2.68. The van der Waals surface area contributed by atoms with Crippen LogP contribution in [-0.4, -0.2) is 19.4 Å². The second kappa shape index (κ2) is 6.17. The average Bonchev–Trinajstić information content (AvgIpc) is 2.22. The number of carbonyl (C=O) groups excluding carboxylic acids is 1. The summed E-state index contributed by atoms with van der Waals surface area (Å²) >= 11 is 0. The van der Waals surface area contributed by atoms with E-state index in [0.29, 0.717) is 13.0 Å². The number of ether oxygens (including phenoxy) is 2. The molecule has 0 radical (unpaired) electrons. The van der Waals surface area contributed by atoms with Crippen LogP contribution in [0.4, 0.5) is 0 Å². The maximum absolute atomic E-state index is 11.4. The molecule has 0 aliphatic carbocycles. The third-order valence-electron chi connectivity index (χ3n) is 1.95. The molecule has 0 fully saturated rings. The lowest BCUT2D eigenvalue weighted by Crippen LogP contribution is -2.29. The predicted molar refractivity (Wildman–Crippen MR) is 51.1 cm³/mol. The first-order valence-electron chi connectivity index (χ1n) is 4.46. The van der Waals surface area contributed by atoms with Crippen molar-refractivity contribution in [1.29, 1.82) is 5.26 Å². The molecule has 0 aromatic carbocycles. The highest BCUT2D eigenvalue weighted by molar-refractivity contribution is 5.82. The molecular weight excluding hydrogens is 182 g/mol. The van der Waals surface area contributed by atoms with Crippen LogP contribution in [0, 0.1) is 16.7 Å². The Morgan fingerprint density at radius 1 is 1.64 bits per heavy atom. The first-order valence-corrected chi connectivity index (χ1v) is 4.46. The van der Waals surface area contributed by atoms with Crippen molar-refractivity contribution < 1.29 is 14.3 Å². The zero-order valence-electron chi connectivity index (χ0n) is 8.58. The number of hydrogen-bond donors (Lipinski definition) is 0. The SMILES string of the molecule is C=CC(C#N)(CC)C(=O)OCOCC. The Hall–Kier alpha value is -1.34. The summed E-state index contributed by atoms with van der Waals surface area (Å²) in [4.78, 5) is 11.4. The van der Waals surface area contributed by atoms with E-state index in [0.717, 1.165) is 0 Å². The molecule has 0 aromatic rings. The molecule has 4 heteroatoms. The van der Waals surface area contributed by atoms with Crippen LogP contribution in [0.2, 0.25) is 0 Å². The van der Waals surface area contributed by atoms with Crippen LogP contribution in [0.15, 0.2) is 12.7 Å². The van der Waals surface area contributed by atoms with Crippen molar-refractivity contribution in [1.82, 2.24) is 0 Å². The maximum atomic E-state index is 11.4. The quantitative estimate of drug-likeness (QED) is 0.281. The Bertz CT molecular complexity index is 244. The summed E-state index contributed by atoms with van der Waals surface area (Å²) in [7, 11) is 0. The molecule has 0 aliphatic heterocycles. The Morgan fingerprint density at radius 2 is 2.29 bits per heavy atom. The number of esters is 1. The molecule has 1 atom stereocenters. The molecule has 0 heterocycles. The molecule has 0 saturated heterocycles. The maximum Gasteiger partial charge on any atom is 0.332 e. The zero-order chi connectivity index (χ0) is 11.0. The molecule has 4 nitrogen and oxygen atoms in total. The number of nitriles is 1. The lowest BCUT2D eigenvalue weighted by atomic mass is 9.87. The molecule has 0 bridgehead atoms. The minimum Gasteiger partial charge on any atom is -0.437 e. The molecule has 0 saturated carbocycles. The Morgan fingerprint density at radius 3 is 2.64 bits per heavy atom. The van der Waals surface area contributed by atoms with Gasteiger partial charge in [-0.15, -0.1) is 6.58 Å². The first-order chi connectivity index (χ1) is 6.66. The molecule has 0 rings (SSSR count). The van der Waals surface area contributed by atoms with E-state index >= 15 is 0 Å². The van der Waals surface area contributed by atoms with Crippen molar-refractivity contribution in [3.63, 3.8) is 0 Å². The molecule has 78 valence electrons. The van der Waals surface area contributed by atoms with Crippen molar-refractivity contribution in [3.05, 3.63) is 12.7 Å². The molecular formula is C10H15NO3. The average molecular weight is 197 g/mol. The van der Waals surface area contributed by atoms with Crippen LogP contribution in [0.25, 0.3) is 0 Å². The van der Waals surface area contributed by atoms with Crippen molar-refractivity contribution in [2.24, 2.45) is 5.41 Å². The third-order valence-corrected chi connectivity index (χ3v) is 1.95. The van der Waals surface area contributed by atoms with Crippen molar-refractivity contribution >= 4 is 5.97 Å². The monoisotopic (exact) mass is 197 g/mol. The highest BCUT2D eigenvalue weighted by Crippen LogP contribution is 2.23. The highest BCUT2D eigenvalue weighted by Gasteiger charge is 2.35. The van der Waals surface area contributed by atoms with Crippen LogP contribution < -0.4 is 0 Å². The number of hydrogen-bond acceptors (Lipinski definition) is 4. The molecule has 0 aliphatic rings. The normalized spacial score (nSPS) is 13.8. The van der Waals surface area contributed by atoms with Gasteiger partial charge in [-0.3, -0.25) is 0 Å². The van der Waals surface area contributed by atoms with E-state index in [1.165, 1.54) is 6.08 Å². The molecule has 0 spiro atoms. The van der Waals surface area contributed by atoms with Crippen molar-refractivity contribution in [2.45, 2.75) is 20.3 Å². The van der Waals surface area contributed by atoms with E-state index in [4.69, 9.17) is 14.7 Å². The van der Waals surface area contributed by atoms with E-state index < -0.39 is 11.4 Å². The third kappa shape index (κ3) is 2.86. The largest absolute Gasteiger partial charge is 0.437 e. The summed E-state index contributed by atoms with van der Waals surface area (Å²) in [5.74, 6) is -0.606.